The van der Waals surface area contributed by atoms with Crippen LogP contribution in [0.2, 0.25) is 5.02 Å². The SMILES string of the molecule is Cn1cc(CN2C[C@@H]3C[C@@H](C2)c2cccc(=O)n2C3)c(-c2cccc(Cl)c2)n1. The lowest BCUT2D eigenvalue weighted by Gasteiger charge is -2.42. The molecular formula is C22H23ClN4O. The Morgan fingerprint density at radius 2 is 2.00 bits per heavy atom. The first-order valence-electron chi connectivity index (χ1n) is 9.77. The topological polar surface area (TPSA) is 43.1 Å². The maximum Gasteiger partial charge on any atom is 0.250 e. The minimum atomic E-state index is 0.135. The number of fused-ring (bicyclic) bond motifs is 4. The molecule has 28 heavy (non-hydrogen) atoms. The zero-order valence-corrected chi connectivity index (χ0v) is 16.6. The molecule has 2 aliphatic rings. The molecule has 0 radical (unpaired) electrons. The molecule has 144 valence electrons. The van der Waals surface area contributed by atoms with E-state index in [-0.39, 0.29) is 5.56 Å². The summed E-state index contributed by atoms with van der Waals surface area (Å²) in [5.74, 6) is 0.949. The number of halogens is 1. The van der Waals surface area contributed by atoms with E-state index in [1.807, 2.05) is 40.6 Å². The monoisotopic (exact) mass is 394 g/mol. The van der Waals surface area contributed by atoms with Gasteiger partial charge in [-0.1, -0.05) is 29.8 Å². The molecule has 3 aromatic rings. The van der Waals surface area contributed by atoms with Crippen LogP contribution in [0.25, 0.3) is 11.3 Å². The van der Waals surface area contributed by atoms with E-state index < -0.39 is 0 Å². The van der Waals surface area contributed by atoms with Crippen LogP contribution in [0.1, 0.15) is 23.6 Å². The number of piperidine rings is 1. The van der Waals surface area contributed by atoms with Crippen molar-refractivity contribution >= 4 is 11.6 Å². The van der Waals surface area contributed by atoms with Gasteiger partial charge in [0.05, 0.1) is 5.69 Å². The first-order valence-corrected chi connectivity index (χ1v) is 10.1. The van der Waals surface area contributed by atoms with Crippen molar-refractivity contribution in [2.24, 2.45) is 13.0 Å². The zero-order valence-electron chi connectivity index (χ0n) is 15.9. The number of aryl methyl sites for hydroxylation is 1. The van der Waals surface area contributed by atoms with Crippen LogP contribution in [-0.2, 0) is 20.1 Å². The van der Waals surface area contributed by atoms with Gasteiger partial charge in [-0.05, 0) is 30.5 Å². The molecule has 1 fully saturated rings. The van der Waals surface area contributed by atoms with Crippen LogP contribution in [0.5, 0.6) is 0 Å². The first kappa shape index (κ1) is 17.7. The van der Waals surface area contributed by atoms with Crippen LogP contribution in [0, 0.1) is 5.92 Å². The summed E-state index contributed by atoms with van der Waals surface area (Å²) in [6, 6.07) is 13.6. The van der Waals surface area contributed by atoms with E-state index >= 15 is 0 Å². The van der Waals surface area contributed by atoms with Crippen molar-refractivity contribution in [3.63, 3.8) is 0 Å². The Morgan fingerprint density at radius 3 is 2.86 bits per heavy atom. The Kier molecular flexibility index (Phi) is 4.37. The second kappa shape index (κ2) is 6.90. The molecular weight excluding hydrogens is 372 g/mol. The van der Waals surface area contributed by atoms with Crippen molar-refractivity contribution in [3.8, 4) is 11.3 Å². The van der Waals surface area contributed by atoms with Crippen molar-refractivity contribution in [1.82, 2.24) is 19.2 Å². The van der Waals surface area contributed by atoms with Crippen molar-refractivity contribution in [1.29, 1.82) is 0 Å². The zero-order chi connectivity index (χ0) is 19.3. The third-order valence-corrected chi connectivity index (χ3v) is 6.19. The fourth-order valence-corrected chi connectivity index (χ4v) is 5.09. The Labute approximate surface area is 169 Å². The number of rotatable bonds is 3. The van der Waals surface area contributed by atoms with Gasteiger partial charge in [0.25, 0.3) is 5.56 Å². The largest absolute Gasteiger partial charge is 0.312 e. The van der Waals surface area contributed by atoms with Crippen LogP contribution >= 0.6 is 11.6 Å². The molecule has 2 aromatic heterocycles. The lowest BCUT2D eigenvalue weighted by atomic mass is 9.83. The molecule has 2 bridgehead atoms. The number of hydrogen-bond donors (Lipinski definition) is 0. The Hall–Kier alpha value is -2.37. The van der Waals surface area contributed by atoms with E-state index in [0.717, 1.165) is 42.5 Å². The molecule has 1 aromatic carbocycles. The molecule has 0 unspecified atom stereocenters. The van der Waals surface area contributed by atoms with Gasteiger partial charge in [-0.2, -0.15) is 5.10 Å². The van der Waals surface area contributed by atoms with Gasteiger partial charge < -0.3 is 4.57 Å². The molecule has 0 amide bonds. The number of likely N-dealkylation sites (tertiary alicyclic amines) is 1. The van der Waals surface area contributed by atoms with Crippen molar-refractivity contribution in [2.45, 2.75) is 25.4 Å². The van der Waals surface area contributed by atoms with Crippen molar-refractivity contribution in [2.75, 3.05) is 13.1 Å². The van der Waals surface area contributed by atoms with Crippen molar-refractivity contribution in [3.05, 3.63) is 75.3 Å². The summed E-state index contributed by atoms with van der Waals surface area (Å²) < 4.78 is 3.86. The molecule has 2 atom stereocenters. The minimum absolute atomic E-state index is 0.135. The molecule has 1 saturated heterocycles. The van der Waals surface area contributed by atoms with Gasteiger partial charge in [-0.15, -0.1) is 0 Å². The summed E-state index contributed by atoms with van der Waals surface area (Å²) in [4.78, 5) is 14.7. The fraction of sp³-hybridized carbons (Fsp3) is 0.364. The van der Waals surface area contributed by atoms with E-state index in [9.17, 15) is 4.79 Å². The van der Waals surface area contributed by atoms with Gasteiger partial charge in [0.1, 0.15) is 0 Å². The van der Waals surface area contributed by atoms with E-state index in [0.29, 0.717) is 11.8 Å². The molecule has 0 N–H and O–H groups in total. The fourth-order valence-electron chi connectivity index (χ4n) is 4.90. The van der Waals surface area contributed by atoms with E-state index in [1.54, 1.807) is 6.07 Å². The highest BCUT2D eigenvalue weighted by Gasteiger charge is 2.34. The highest BCUT2D eigenvalue weighted by molar-refractivity contribution is 6.30. The predicted octanol–water partition coefficient (Wildman–Crippen LogP) is 3.52. The summed E-state index contributed by atoms with van der Waals surface area (Å²) in [5.41, 5.74) is 4.59. The van der Waals surface area contributed by atoms with Gasteiger partial charge in [0.15, 0.2) is 0 Å². The maximum atomic E-state index is 12.2. The van der Waals surface area contributed by atoms with E-state index in [2.05, 4.69) is 23.2 Å². The highest BCUT2D eigenvalue weighted by atomic mass is 35.5. The van der Waals surface area contributed by atoms with Crippen LogP contribution < -0.4 is 5.56 Å². The maximum absolute atomic E-state index is 12.2. The number of nitrogens with zero attached hydrogens (tertiary/aromatic N) is 4. The second-order valence-corrected chi connectivity index (χ2v) is 8.52. The van der Waals surface area contributed by atoms with Crippen LogP contribution in [-0.4, -0.2) is 32.3 Å². The van der Waals surface area contributed by atoms with Gasteiger partial charge >= 0.3 is 0 Å². The molecule has 0 aliphatic carbocycles. The van der Waals surface area contributed by atoms with E-state index in [1.165, 1.54) is 17.7 Å². The summed E-state index contributed by atoms with van der Waals surface area (Å²) in [7, 11) is 1.96. The Bertz CT molecular complexity index is 1090. The predicted molar refractivity (Wildman–Crippen MR) is 110 cm³/mol. The third kappa shape index (κ3) is 3.19. The Balaban J connectivity index is 1.42. The van der Waals surface area contributed by atoms with Crippen molar-refractivity contribution < 1.29 is 0 Å². The smallest absolute Gasteiger partial charge is 0.250 e. The highest BCUT2D eigenvalue weighted by Crippen LogP contribution is 2.36. The van der Waals surface area contributed by atoms with Crippen LogP contribution in [0.4, 0.5) is 0 Å². The molecule has 6 heteroatoms. The number of pyridine rings is 1. The van der Waals surface area contributed by atoms with E-state index in [4.69, 9.17) is 16.7 Å². The quantitative estimate of drug-likeness (QED) is 0.682. The average molecular weight is 395 g/mol. The molecule has 4 heterocycles. The standard InChI is InChI=1S/C22H23ClN4O/c1-25-12-18(22(24-25)16-4-2-5-19(23)9-16)14-26-10-15-8-17(13-26)20-6-3-7-21(28)27(20)11-15/h2-7,9,12,15,17H,8,10-11,13-14H2,1H3/t15-,17-/m0/s1. The summed E-state index contributed by atoms with van der Waals surface area (Å²) >= 11 is 6.20. The average Bonchev–Trinajstić information content (AvgIpc) is 3.03. The van der Waals surface area contributed by atoms with Crippen LogP contribution in [0.15, 0.2) is 53.5 Å². The summed E-state index contributed by atoms with van der Waals surface area (Å²) in [6.07, 6.45) is 3.28. The van der Waals surface area contributed by atoms with Gasteiger partial charge in [0.2, 0.25) is 0 Å². The first-order chi connectivity index (χ1) is 13.6. The molecule has 0 saturated carbocycles. The minimum Gasteiger partial charge on any atom is -0.312 e. The summed E-state index contributed by atoms with van der Waals surface area (Å²) in [6.45, 7) is 3.68. The van der Waals surface area contributed by atoms with Gasteiger partial charge in [-0.3, -0.25) is 14.4 Å². The van der Waals surface area contributed by atoms with Gasteiger partial charge in [-0.25, -0.2) is 0 Å². The number of hydrogen-bond acceptors (Lipinski definition) is 3. The molecule has 5 nitrogen and oxygen atoms in total. The van der Waals surface area contributed by atoms with Gasteiger partial charge in [0, 0.05) is 73.3 Å². The molecule has 0 spiro atoms. The third-order valence-electron chi connectivity index (χ3n) is 5.95. The lowest BCUT2D eigenvalue weighted by molar-refractivity contribution is 0.114. The molecule has 5 rings (SSSR count). The lowest BCUT2D eigenvalue weighted by Crippen LogP contribution is -2.46. The van der Waals surface area contributed by atoms with Crippen LogP contribution in [0.3, 0.4) is 0 Å². The summed E-state index contributed by atoms with van der Waals surface area (Å²) in [5, 5.41) is 5.42. The number of benzene rings is 1. The number of aromatic nitrogens is 3. The normalized spacial score (nSPS) is 21.5. The molecule has 2 aliphatic heterocycles. The second-order valence-electron chi connectivity index (χ2n) is 8.08. The Morgan fingerprint density at radius 1 is 1.14 bits per heavy atom.